The highest BCUT2D eigenvalue weighted by atomic mass is 35.5. The van der Waals surface area contributed by atoms with Crippen molar-refractivity contribution in [3.8, 4) is 0 Å². The molecule has 7 rings (SSSR count). The second kappa shape index (κ2) is 11.0. The molecule has 0 saturated carbocycles. The summed E-state index contributed by atoms with van der Waals surface area (Å²) in [6.07, 6.45) is 0.452. The molecule has 5 aromatic carbocycles. The lowest BCUT2D eigenvalue weighted by Gasteiger charge is -2.32. The highest BCUT2D eigenvalue weighted by Gasteiger charge is 2.54. The maximum atomic E-state index is 15.1. The Hall–Kier alpha value is -4.93. The van der Waals surface area contributed by atoms with Gasteiger partial charge in [0.05, 0.1) is 11.4 Å². The summed E-state index contributed by atoms with van der Waals surface area (Å²) in [5.74, 6) is -0.246. The number of amides is 1. The number of carbonyl (C=O) groups excluding carboxylic acids is 1. The van der Waals surface area contributed by atoms with E-state index in [-0.39, 0.29) is 11.8 Å². The number of H-pyrrole nitrogens is 1. The number of aromatic nitrogens is 1. The molecule has 0 fully saturated rings. The van der Waals surface area contributed by atoms with Gasteiger partial charge in [-0.15, -0.1) is 0 Å². The number of hydrazone groups is 1. The van der Waals surface area contributed by atoms with Crippen LogP contribution in [-0.2, 0) is 16.6 Å². The summed E-state index contributed by atoms with van der Waals surface area (Å²) < 4.78 is 0. The number of carbonyl (C=O) groups is 1. The van der Waals surface area contributed by atoms with Gasteiger partial charge in [0.25, 0.3) is 5.91 Å². The summed E-state index contributed by atoms with van der Waals surface area (Å²) in [5, 5.41) is 8.09. The molecule has 0 unspecified atom stereocenters. The summed E-state index contributed by atoms with van der Waals surface area (Å²) in [4.78, 5) is 18.9. The molecule has 1 atom stereocenters. The topological polar surface area (TPSA) is 48.5 Å². The maximum Gasteiger partial charge on any atom is 0.264 e. The number of aromatic amines is 1. The number of hydrogen-bond donors (Lipinski definition) is 1. The van der Waals surface area contributed by atoms with Crippen molar-refractivity contribution in [3.63, 3.8) is 0 Å². The Kier molecular flexibility index (Phi) is 6.92. The molecule has 210 valence electrons. The highest BCUT2D eigenvalue weighted by Crippen LogP contribution is 2.48. The first-order valence-corrected chi connectivity index (χ1v) is 14.8. The van der Waals surface area contributed by atoms with Crippen LogP contribution in [0.25, 0.3) is 10.9 Å². The van der Waals surface area contributed by atoms with E-state index in [1.807, 2.05) is 85.8 Å². The van der Waals surface area contributed by atoms with Crippen LogP contribution < -0.4 is 5.01 Å². The number of nitrogens with one attached hydrogen (secondary N) is 1. The smallest absolute Gasteiger partial charge is 0.264 e. The van der Waals surface area contributed by atoms with E-state index in [0.717, 1.165) is 50.2 Å². The Labute approximate surface area is 256 Å². The van der Waals surface area contributed by atoms with E-state index >= 15 is 4.79 Å². The van der Waals surface area contributed by atoms with Crippen LogP contribution >= 0.6 is 11.6 Å². The molecule has 1 amide bonds. The third-order valence-corrected chi connectivity index (χ3v) is 8.74. The van der Waals surface area contributed by atoms with Gasteiger partial charge in [-0.2, -0.15) is 10.1 Å². The Balaban J connectivity index is 1.56. The van der Waals surface area contributed by atoms with Gasteiger partial charge in [-0.1, -0.05) is 121 Å². The monoisotopic (exact) mass is 579 g/mol. The SMILES string of the molecule is CC1=NN(c2ccccc2)C(=O)[C@@]1(Cc1ccccc1)c1c(C(c2ccccc2)c2ccccc2)[nH]c2ccc(Cl)cc12. The molecular formula is C38H30ClN3O. The number of rotatable bonds is 7. The standard InChI is InChI=1S/C38H30ClN3O/c1-26-38(25-27-14-6-2-7-15-27,37(43)42(41-26)31-20-12-5-13-21-31)35-32-24-30(39)22-23-33(32)40-36(35)34(28-16-8-3-9-17-28)29-18-10-4-11-19-29/h2-24,34,40H,25H2,1H3/t38-/m1/s1. The first kappa shape index (κ1) is 26.9. The lowest BCUT2D eigenvalue weighted by molar-refractivity contribution is -0.121. The van der Waals surface area contributed by atoms with E-state index in [2.05, 4.69) is 65.6 Å². The van der Waals surface area contributed by atoms with Crippen LogP contribution in [0.2, 0.25) is 5.02 Å². The zero-order chi connectivity index (χ0) is 29.4. The number of anilines is 1. The van der Waals surface area contributed by atoms with Gasteiger partial charge in [-0.05, 0) is 60.4 Å². The van der Waals surface area contributed by atoms with Crippen LogP contribution in [0, 0.1) is 0 Å². The molecule has 0 saturated heterocycles. The molecule has 1 aliphatic rings. The average Bonchev–Trinajstić information content (AvgIpc) is 3.53. The fourth-order valence-corrected chi connectivity index (χ4v) is 6.69. The lowest BCUT2D eigenvalue weighted by atomic mass is 9.68. The Bertz CT molecular complexity index is 1900. The highest BCUT2D eigenvalue weighted by molar-refractivity contribution is 6.31. The van der Waals surface area contributed by atoms with Gasteiger partial charge >= 0.3 is 0 Å². The minimum Gasteiger partial charge on any atom is -0.357 e. The summed E-state index contributed by atoms with van der Waals surface area (Å²) in [6, 6.07) is 46.7. The van der Waals surface area contributed by atoms with Crippen molar-refractivity contribution in [1.29, 1.82) is 0 Å². The molecule has 2 heterocycles. The molecule has 0 spiro atoms. The fourth-order valence-electron chi connectivity index (χ4n) is 6.52. The molecular weight excluding hydrogens is 550 g/mol. The van der Waals surface area contributed by atoms with Gasteiger partial charge in [0.15, 0.2) is 0 Å². The Morgan fingerprint density at radius 1 is 0.767 bits per heavy atom. The molecule has 0 radical (unpaired) electrons. The molecule has 6 aromatic rings. The van der Waals surface area contributed by atoms with Crippen molar-refractivity contribution in [2.45, 2.75) is 24.7 Å². The van der Waals surface area contributed by atoms with Gasteiger partial charge in [-0.25, -0.2) is 0 Å². The number of hydrogen-bond acceptors (Lipinski definition) is 2. The minimum atomic E-state index is -1.09. The molecule has 1 aromatic heterocycles. The van der Waals surface area contributed by atoms with Crippen molar-refractivity contribution >= 4 is 39.8 Å². The predicted molar refractivity (Wildman–Crippen MR) is 176 cm³/mol. The summed E-state index contributed by atoms with van der Waals surface area (Å²) in [7, 11) is 0. The van der Waals surface area contributed by atoms with E-state index in [4.69, 9.17) is 16.7 Å². The van der Waals surface area contributed by atoms with E-state index < -0.39 is 5.41 Å². The molecule has 1 aliphatic heterocycles. The zero-order valence-corrected chi connectivity index (χ0v) is 24.5. The number of nitrogens with zero attached hydrogens (tertiary/aromatic N) is 2. The zero-order valence-electron chi connectivity index (χ0n) is 23.7. The number of halogens is 1. The molecule has 0 bridgehead atoms. The predicted octanol–water partition coefficient (Wildman–Crippen LogP) is 8.90. The van der Waals surface area contributed by atoms with E-state index in [0.29, 0.717) is 11.4 Å². The fraction of sp³-hybridized carbons (Fsp3) is 0.105. The number of fused-ring (bicyclic) bond motifs is 1. The van der Waals surface area contributed by atoms with E-state index in [1.54, 1.807) is 5.01 Å². The molecule has 5 heteroatoms. The molecule has 4 nitrogen and oxygen atoms in total. The molecule has 0 aliphatic carbocycles. The minimum absolute atomic E-state index is 0.0814. The number of benzene rings is 5. The molecule has 1 N–H and O–H groups in total. The van der Waals surface area contributed by atoms with E-state index in [1.165, 1.54) is 0 Å². The van der Waals surface area contributed by atoms with Gasteiger partial charge in [0.1, 0.15) is 5.41 Å². The van der Waals surface area contributed by atoms with Crippen LogP contribution in [0.3, 0.4) is 0 Å². The van der Waals surface area contributed by atoms with Crippen molar-refractivity contribution in [1.82, 2.24) is 4.98 Å². The maximum absolute atomic E-state index is 15.1. The number of para-hydroxylation sites is 1. The van der Waals surface area contributed by atoms with Gasteiger partial charge < -0.3 is 4.98 Å². The van der Waals surface area contributed by atoms with Crippen LogP contribution in [0.4, 0.5) is 5.69 Å². The third kappa shape index (κ3) is 4.65. The van der Waals surface area contributed by atoms with Gasteiger partial charge in [0.2, 0.25) is 0 Å². The van der Waals surface area contributed by atoms with Crippen molar-refractivity contribution in [2.24, 2.45) is 5.10 Å². The third-order valence-electron chi connectivity index (χ3n) is 8.51. The largest absolute Gasteiger partial charge is 0.357 e. The van der Waals surface area contributed by atoms with E-state index in [9.17, 15) is 0 Å². The van der Waals surface area contributed by atoms with Crippen LogP contribution in [0.5, 0.6) is 0 Å². The van der Waals surface area contributed by atoms with Crippen molar-refractivity contribution in [2.75, 3.05) is 5.01 Å². The van der Waals surface area contributed by atoms with Crippen LogP contribution in [0.15, 0.2) is 145 Å². The van der Waals surface area contributed by atoms with Crippen LogP contribution in [0.1, 0.15) is 40.8 Å². The second-order valence-electron chi connectivity index (χ2n) is 11.1. The first-order chi connectivity index (χ1) is 21.1. The van der Waals surface area contributed by atoms with Gasteiger partial charge in [-0.3, -0.25) is 4.79 Å². The Morgan fingerprint density at radius 3 is 1.93 bits per heavy atom. The summed E-state index contributed by atoms with van der Waals surface area (Å²) in [6.45, 7) is 1.98. The van der Waals surface area contributed by atoms with Crippen molar-refractivity contribution < 1.29 is 4.79 Å². The molecule has 43 heavy (non-hydrogen) atoms. The van der Waals surface area contributed by atoms with Crippen molar-refractivity contribution in [3.05, 3.63) is 172 Å². The summed E-state index contributed by atoms with van der Waals surface area (Å²) in [5.41, 5.74) is 6.51. The van der Waals surface area contributed by atoms with Crippen LogP contribution in [-0.4, -0.2) is 16.6 Å². The second-order valence-corrected chi connectivity index (χ2v) is 11.5. The quantitative estimate of drug-likeness (QED) is 0.202. The lowest BCUT2D eigenvalue weighted by Crippen LogP contribution is -2.46. The Morgan fingerprint density at radius 2 is 1.33 bits per heavy atom. The summed E-state index contributed by atoms with van der Waals surface area (Å²) >= 11 is 6.68. The van der Waals surface area contributed by atoms with Gasteiger partial charge in [0, 0.05) is 33.1 Å². The normalized spacial score (nSPS) is 16.7. The first-order valence-electron chi connectivity index (χ1n) is 14.5. The average molecular weight is 580 g/mol.